The Morgan fingerprint density at radius 1 is 0.776 bits per heavy atom. The summed E-state index contributed by atoms with van der Waals surface area (Å²) in [6.07, 6.45) is 5.15. The molecule has 0 unspecified atom stereocenters. The number of carbonyl (C=O) groups is 4. The first kappa shape index (κ1) is 47.1. The molecule has 0 bridgehead atoms. The van der Waals surface area contributed by atoms with Crippen molar-refractivity contribution < 1.29 is 29.0 Å². The standard InChI is InChI=1S/C52H67N9O6/c1-30(2)44(57-50(64)67-9)48(62)59-26-11-13-43(59)47-54-37-23-18-34(28-38(37)55-47)41-25-24-40(61(41)36-21-19-35(20-22-36)52(5,6)7)33-16-14-32(15-17-33)39-29-53-46(56-39)42-12-10-27-60(42)49(63)45(31(3)4)58(8)51(65)66/h14-23,28-31,40-45H,10-13,24-27H2,1-9H3,(H,53,56)(H,54,55)(H,57,64)(H,65,66)/t40-,41+,42-,43-,44-,45-/m0/s1. The number of hydrogen-bond donors (Lipinski definition) is 4. The van der Waals surface area contributed by atoms with Gasteiger partial charge in [-0.05, 0) is 102 Å². The number of benzene rings is 3. The number of likely N-dealkylation sites (tertiary alicyclic amines) is 2. The average molecular weight is 914 g/mol. The van der Waals surface area contributed by atoms with Gasteiger partial charge in [0.1, 0.15) is 23.7 Å². The molecule has 2 aromatic heterocycles. The molecule has 5 aromatic rings. The number of methoxy groups -OCH3 is 1. The van der Waals surface area contributed by atoms with Crippen LogP contribution in [0.3, 0.4) is 0 Å². The molecule has 4 N–H and O–H groups in total. The number of likely N-dealkylation sites (N-methyl/N-ethyl adjacent to an activating group) is 1. The van der Waals surface area contributed by atoms with Crippen molar-refractivity contribution in [2.24, 2.45) is 11.8 Å². The Morgan fingerprint density at radius 3 is 1.99 bits per heavy atom. The van der Waals surface area contributed by atoms with Crippen molar-refractivity contribution in [3.63, 3.8) is 0 Å². The summed E-state index contributed by atoms with van der Waals surface area (Å²) in [5.74, 6) is 0.827. The van der Waals surface area contributed by atoms with Gasteiger partial charge in [0.2, 0.25) is 11.8 Å². The van der Waals surface area contributed by atoms with E-state index in [0.717, 1.165) is 77.2 Å². The smallest absolute Gasteiger partial charge is 0.407 e. The third-order valence-corrected chi connectivity index (χ3v) is 14.2. The maximum Gasteiger partial charge on any atom is 0.407 e. The highest BCUT2D eigenvalue weighted by Crippen LogP contribution is 2.48. The van der Waals surface area contributed by atoms with E-state index in [-0.39, 0.29) is 53.2 Å². The number of imidazole rings is 2. The minimum absolute atomic E-state index is 0.0142. The molecule has 0 spiro atoms. The molecule has 3 aliphatic heterocycles. The zero-order chi connectivity index (χ0) is 47.9. The summed E-state index contributed by atoms with van der Waals surface area (Å²) in [7, 11) is 2.76. The number of alkyl carbamates (subject to hydrolysis) is 1. The number of H-pyrrole nitrogens is 2. The van der Waals surface area contributed by atoms with Gasteiger partial charge in [0.25, 0.3) is 0 Å². The highest BCUT2D eigenvalue weighted by Gasteiger charge is 2.41. The molecule has 67 heavy (non-hydrogen) atoms. The molecular weight excluding hydrogens is 847 g/mol. The molecule has 8 rings (SSSR count). The molecule has 0 radical (unpaired) electrons. The zero-order valence-electron chi connectivity index (χ0n) is 40.4. The van der Waals surface area contributed by atoms with Crippen molar-refractivity contribution in [2.75, 3.05) is 32.1 Å². The SMILES string of the molecule is COC(=O)N[C@H](C(=O)N1CCC[C@H]1c1nc2ccc([C@H]3CC[C@@H](c4ccc(-c5cnc([C@@H]6CCCN6C(=O)[C@H](C(C)C)N(C)C(=O)O)[nH]5)cc4)N3c3ccc(C(C)(C)C)cc3)cc2[nH]1)C(C)C. The molecule has 4 amide bonds. The van der Waals surface area contributed by atoms with Gasteiger partial charge < -0.3 is 39.8 Å². The maximum absolute atomic E-state index is 13.9. The third kappa shape index (κ3) is 9.46. The van der Waals surface area contributed by atoms with Gasteiger partial charge in [-0.2, -0.15) is 0 Å². The molecule has 3 saturated heterocycles. The predicted octanol–water partition coefficient (Wildman–Crippen LogP) is 9.68. The molecule has 3 fully saturated rings. The van der Waals surface area contributed by atoms with Gasteiger partial charge in [-0.3, -0.25) is 14.5 Å². The number of nitrogens with zero attached hydrogens (tertiary/aromatic N) is 6. The summed E-state index contributed by atoms with van der Waals surface area (Å²) in [6, 6.07) is 22.4. The number of ether oxygens (including phenoxy) is 1. The average Bonchev–Trinajstić information content (AvgIpc) is 4.16. The van der Waals surface area contributed by atoms with Crippen LogP contribution in [0.25, 0.3) is 22.3 Å². The van der Waals surface area contributed by atoms with Crippen LogP contribution in [0.4, 0.5) is 15.3 Å². The van der Waals surface area contributed by atoms with Gasteiger partial charge in [-0.25, -0.2) is 19.6 Å². The van der Waals surface area contributed by atoms with E-state index in [1.54, 1.807) is 4.90 Å². The van der Waals surface area contributed by atoms with Crippen LogP contribution in [0.15, 0.2) is 72.9 Å². The van der Waals surface area contributed by atoms with Gasteiger partial charge in [0.05, 0.1) is 54.2 Å². The summed E-state index contributed by atoms with van der Waals surface area (Å²) < 4.78 is 4.83. The number of carbonyl (C=O) groups excluding carboxylic acids is 3. The van der Waals surface area contributed by atoms with Crippen LogP contribution in [0.1, 0.15) is 139 Å². The number of amides is 4. The molecular formula is C52H67N9O6. The molecule has 3 aromatic carbocycles. The molecule has 5 heterocycles. The van der Waals surface area contributed by atoms with E-state index in [2.05, 4.69) is 108 Å². The van der Waals surface area contributed by atoms with Gasteiger partial charge >= 0.3 is 12.2 Å². The number of aromatic amines is 2. The van der Waals surface area contributed by atoms with Crippen LogP contribution in [-0.2, 0) is 19.7 Å². The second kappa shape index (κ2) is 19.1. The quantitative estimate of drug-likeness (QED) is 0.0948. The Labute approximate surface area is 393 Å². The van der Waals surface area contributed by atoms with Crippen molar-refractivity contribution in [1.82, 2.24) is 40.0 Å². The number of hydrogen-bond acceptors (Lipinski definition) is 8. The minimum Gasteiger partial charge on any atom is -0.465 e. The first-order chi connectivity index (χ1) is 31.9. The van der Waals surface area contributed by atoms with Crippen LogP contribution in [0.5, 0.6) is 0 Å². The monoisotopic (exact) mass is 914 g/mol. The highest BCUT2D eigenvalue weighted by atomic mass is 16.5. The summed E-state index contributed by atoms with van der Waals surface area (Å²) in [6.45, 7) is 15.4. The number of anilines is 1. The first-order valence-corrected chi connectivity index (χ1v) is 23.9. The lowest BCUT2D eigenvalue weighted by atomic mass is 9.87. The van der Waals surface area contributed by atoms with Gasteiger partial charge in [0, 0.05) is 25.8 Å². The number of carboxylic acid groups (broad SMARTS) is 1. The Bertz CT molecular complexity index is 2580. The van der Waals surface area contributed by atoms with Crippen LogP contribution in [0.2, 0.25) is 0 Å². The van der Waals surface area contributed by atoms with Crippen molar-refractivity contribution in [1.29, 1.82) is 0 Å². The number of nitrogens with one attached hydrogen (secondary N) is 3. The van der Waals surface area contributed by atoms with Gasteiger partial charge in [-0.1, -0.05) is 90.9 Å². The van der Waals surface area contributed by atoms with Crippen LogP contribution in [0, 0.1) is 11.8 Å². The first-order valence-electron chi connectivity index (χ1n) is 23.9. The highest BCUT2D eigenvalue weighted by molar-refractivity contribution is 5.87. The summed E-state index contributed by atoms with van der Waals surface area (Å²) in [4.78, 5) is 75.9. The second-order valence-electron chi connectivity index (χ2n) is 20.3. The fourth-order valence-corrected chi connectivity index (χ4v) is 10.6. The molecule has 3 aliphatic rings. The predicted molar refractivity (Wildman–Crippen MR) is 258 cm³/mol. The fraction of sp³-hybridized carbons (Fsp3) is 0.500. The lowest BCUT2D eigenvalue weighted by Crippen LogP contribution is -2.51. The summed E-state index contributed by atoms with van der Waals surface area (Å²) in [5, 5.41) is 12.5. The molecule has 0 saturated carbocycles. The fourth-order valence-electron chi connectivity index (χ4n) is 10.6. The third-order valence-electron chi connectivity index (χ3n) is 14.2. The topological polar surface area (TPSA) is 180 Å². The lowest BCUT2D eigenvalue weighted by molar-refractivity contribution is -0.138. The molecule has 0 aliphatic carbocycles. The van der Waals surface area contributed by atoms with E-state index in [1.165, 1.54) is 30.8 Å². The van der Waals surface area contributed by atoms with Crippen LogP contribution in [-0.4, -0.2) is 103 Å². The molecule has 356 valence electrons. The van der Waals surface area contributed by atoms with Crippen molar-refractivity contribution >= 4 is 40.7 Å². The largest absolute Gasteiger partial charge is 0.465 e. The molecule has 6 atom stereocenters. The number of aromatic nitrogens is 4. The minimum atomic E-state index is -1.12. The summed E-state index contributed by atoms with van der Waals surface area (Å²) in [5.41, 5.74) is 8.44. The van der Waals surface area contributed by atoms with Gasteiger partial charge in [-0.15, -0.1) is 0 Å². The Kier molecular flexibility index (Phi) is 13.4. The van der Waals surface area contributed by atoms with Crippen molar-refractivity contribution in [2.45, 2.75) is 129 Å². The van der Waals surface area contributed by atoms with E-state index in [9.17, 15) is 24.3 Å². The number of rotatable bonds is 12. The zero-order valence-corrected chi connectivity index (χ0v) is 40.4. The second-order valence-corrected chi connectivity index (χ2v) is 20.3. The Balaban J connectivity index is 1.05. The Morgan fingerprint density at radius 2 is 1.39 bits per heavy atom. The van der Waals surface area contributed by atoms with E-state index in [1.807, 2.05) is 38.8 Å². The molecule has 15 nitrogen and oxygen atoms in total. The van der Waals surface area contributed by atoms with Crippen LogP contribution < -0.4 is 10.2 Å². The lowest BCUT2D eigenvalue weighted by Gasteiger charge is -2.34. The molecule has 15 heteroatoms. The Hall–Kier alpha value is -6.38. The maximum atomic E-state index is 13.9. The van der Waals surface area contributed by atoms with Crippen molar-refractivity contribution in [3.8, 4) is 11.3 Å². The van der Waals surface area contributed by atoms with Gasteiger partial charge in [0.15, 0.2) is 0 Å². The normalized spacial score (nSPS) is 20.8. The van der Waals surface area contributed by atoms with E-state index in [0.29, 0.717) is 18.9 Å². The number of fused-ring (bicyclic) bond motifs is 1. The van der Waals surface area contributed by atoms with E-state index < -0.39 is 24.3 Å². The summed E-state index contributed by atoms with van der Waals surface area (Å²) >= 11 is 0. The van der Waals surface area contributed by atoms with Crippen LogP contribution >= 0.6 is 0 Å². The van der Waals surface area contributed by atoms with E-state index >= 15 is 0 Å². The van der Waals surface area contributed by atoms with E-state index in [4.69, 9.17) is 14.7 Å². The van der Waals surface area contributed by atoms with Crippen molar-refractivity contribution in [3.05, 3.63) is 101 Å².